The highest BCUT2D eigenvalue weighted by Gasteiger charge is 2.29. The van der Waals surface area contributed by atoms with Gasteiger partial charge in [-0.05, 0) is 30.0 Å². The van der Waals surface area contributed by atoms with Crippen molar-refractivity contribution in [1.29, 1.82) is 0 Å². The third kappa shape index (κ3) is 3.00. The van der Waals surface area contributed by atoms with Crippen molar-refractivity contribution in [2.24, 2.45) is 0 Å². The summed E-state index contributed by atoms with van der Waals surface area (Å²) in [7, 11) is -1.49. The third-order valence-corrected chi connectivity index (χ3v) is 5.96. The van der Waals surface area contributed by atoms with Gasteiger partial charge in [-0.15, -0.1) is 0 Å². The molecule has 0 radical (unpaired) electrons. The van der Waals surface area contributed by atoms with Crippen LogP contribution in [-0.4, -0.2) is 28.3 Å². The molecule has 94 valence electrons. The van der Waals surface area contributed by atoms with Gasteiger partial charge in [0.05, 0.1) is 16.4 Å². The highest BCUT2D eigenvalue weighted by molar-refractivity contribution is 8.13. The van der Waals surface area contributed by atoms with Crippen molar-refractivity contribution in [3.63, 3.8) is 0 Å². The fourth-order valence-corrected chi connectivity index (χ4v) is 4.57. The lowest BCUT2D eigenvalue weighted by molar-refractivity contribution is 0.601. The Kier molecular flexibility index (Phi) is 3.22. The average Bonchev–Trinajstić information content (AvgIpc) is 2.58. The van der Waals surface area contributed by atoms with Gasteiger partial charge in [0, 0.05) is 10.7 Å². The fourth-order valence-electron chi connectivity index (χ4n) is 1.98. The summed E-state index contributed by atoms with van der Waals surface area (Å²) < 4.78 is 45.1. The Morgan fingerprint density at radius 2 is 2.00 bits per heavy atom. The molecule has 17 heavy (non-hydrogen) atoms. The summed E-state index contributed by atoms with van der Waals surface area (Å²) >= 11 is 0. The summed E-state index contributed by atoms with van der Waals surface area (Å²) in [6.45, 7) is 0. The molecule has 1 aliphatic rings. The van der Waals surface area contributed by atoms with E-state index in [-0.39, 0.29) is 22.3 Å². The van der Waals surface area contributed by atoms with Crippen LogP contribution in [0.3, 0.4) is 0 Å². The van der Waals surface area contributed by atoms with E-state index in [4.69, 9.17) is 10.7 Å². The molecule has 0 bridgehead atoms. The molecule has 1 aromatic rings. The molecule has 0 saturated carbocycles. The number of benzene rings is 1. The normalized spacial score (nSPS) is 23.7. The van der Waals surface area contributed by atoms with Crippen molar-refractivity contribution in [2.75, 3.05) is 11.5 Å². The van der Waals surface area contributed by atoms with Crippen LogP contribution in [0, 0.1) is 0 Å². The van der Waals surface area contributed by atoms with Gasteiger partial charge in [0.25, 0.3) is 9.05 Å². The Hall–Kier alpha value is -0.590. The lowest BCUT2D eigenvalue weighted by atomic mass is 9.99. The van der Waals surface area contributed by atoms with Crippen LogP contribution in [-0.2, 0) is 18.9 Å². The number of sulfone groups is 1. The molecule has 1 aliphatic heterocycles. The summed E-state index contributed by atoms with van der Waals surface area (Å²) in [5, 5.41) is 0. The zero-order valence-corrected chi connectivity index (χ0v) is 11.2. The van der Waals surface area contributed by atoms with Gasteiger partial charge in [-0.3, -0.25) is 0 Å². The van der Waals surface area contributed by atoms with Gasteiger partial charge in [-0.1, -0.05) is 12.1 Å². The maximum Gasteiger partial charge on any atom is 0.261 e. The molecule has 0 N–H and O–H groups in total. The number of rotatable bonds is 2. The van der Waals surface area contributed by atoms with Crippen molar-refractivity contribution in [2.45, 2.75) is 17.2 Å². The predicted octanol–water partition coefficient (Wildman–Crippen LogP) is 1.52. The minimum atomic E-state index is -3.76. The molecule has 7 heteroatoms. The molecule has 0 amide bonds. The zero-order valence-electron chi connectivity index (χ0n) is 8.84. The number of hydrogen-bond acceptors (Lipinski definition) is 4. The summed E-state index contributed by atoms with van der Waals surface area (Å²) in [5.74, 6) is 0.118. The molecule has 1 heterocycles. The molecule has 1 saturated heterocycles. The molecule has 2 rings (SSSR count). The molecule has 0 spiro atoms. The topological polar surface area (TPSA) is 68.3 Å². The van der Waals surface area contributed by atoms with Crippen LogP contribution in [0.1, 0.15) is 17.9 Å². The first kappa shape index (κ1) is 12.9. The van der Waals surface area contributed by atoms with Gasteiger partial charge in [-0.2, -0.15) is 0 Å². The van der Waals surface area contributed by atoms with Crippen LogP contribution >= 0.6 is 10.7 Å². The highest BCUT2D eigenvalue weighted by atomic mass is 35.7. The largest absolute Gasteiger partial charge is 0.261 e. The van der Waals surface area contributed by atoms with Crippen molar-refractivity contribution in [3.05, 3.63) is 29.8 Å². The van der Waals surface area contributed by atoms with E-state index in [9.17, 15) is 16.8 Å². The Bertz CT molecular complexity index is 634. The Morgan fingerprint density at radius 3 is 2.53 bits per heavy atom. The van der Waals surface area contributed by atoms with E-state index in [2.05, 4.69) is 0 Å². The van der Waals surface area contributed by atoms with Crippen LogP contribution < -0.4 is 0 Å². The summed E-state index contributed by atoms with van der Waals surface area (Å²) in [6, 6.07) is 6.16. The second-order valence-corrected chi connectivity index (χ2v) is 8.90. The van der Waals surface area contributed by atoms with Crippen molar-refractivity contribution in [1.82, 2.24) is 0 Å². The molecule has 4 nitrogen and oxygen atoms in total. The van der Waals surface area contributed by atoms with E-state index >= 15 is 0 Å². The second kappa shape index (κ2) is 4.26. The van der Waals surface area contributed by atoms with Crippen molar-refractivity contribution in [3.8, 4) is 0 Å². The van der Waals surface area contributed by atoms with Gasteiger partial charge >= 0.3 is 0 Å². The minimum absolute atomic E-state index is 0.0148. The molecule has 1 atom stereocenters. The van der Waals surface area contributed by atoms with Gasteiger partial charge in [0.2, 0.25) is 0 Å². The van der Waals surface area contributed by atoms with E-state index < -0.39 is 18.9 Å². The quantitative estimate of drug-likeness (QED) is 0.776. The van der Waals surface area contributed by atoms with Crippen LogP contribution in [0.15, 0.2) is 29.2 Å². The predicted molar refractivity (Wildman–Crippen MR) is 65.5 cm³/mol. The first-order valence-electron chi connectivity index (χ1n) is 5.03. The monoisotopic (exact) mass is 294 g/mol. The lowest BCUT2D eigenvalue weighted by Gasteiger charge is -2.08. The Labute approximate surface area is 105 Å². The van der Waals surface area contributed by atoms with Gasteiger partial charge in [-0.25, -0.2) is 16.8 Å². The molecule has 1 fully saturated rings. The summed E-state index contributed by atoms with van der Waals surface area (Å²) in [5.41, 5.74) is 0.716. The van der Waals surface area contributed by atoms with Crippen LogP contribution in [0.4, 0.5) is 0 Å². The van der Waals surface area contributed by atoms with Crippen molar-refractivity contribution >= 4 is 29.6 Å². The van der Waals surface area contributed by atoms with Crippen LogP contribution in [0.2, 0.25) is 0 Å². The molecular weight excluding hydrogens is 284 g/mol. The van der Waals surface area contributed by atoms with E-state index in [0.29, 0.717) is 12.0 Å². The van der Waals surface area contributed by atoms with Gasteiger partial charge in [0.1, 0.15) is 0 Å². The Balaban J connectivity index is 2.36. The Morgan fingerprint density at radius 1 is 1.29 bits per heavy atom. The second-order valence-electron chi connectivity index (χ2n) is 4.11. The molecule has 0 aromatic heterocycles. The maximum atomic E-state index is 11.4. The maximum absolute atomic E-state index is 11.4. The van der Waals surface area contributed by atoms with Gasteiger partial charge in [0.15, 0.2) is 9.84 Å². The summed E-state index contributed by atoms with van der Waals surface area (Å²) in [4.78, 5) is 0.0148. The number of halogens is 1. The molecule has 1 aromatic carbocycles. The molecule has 1 unspecified atom stereocenters. The first-order valence-corrected chi connectivity index (χ1v) is 9.16. The van der Waals surface area contributed by atoms with Crippen LogP contribution in [0.25, 0.3) is 0 Å². The van der Waals surface area contributed by atoms with Crippen LogP contribution in [0.5, 0.6) is 0 Å². The van der Waals surface area contributed by atoms with Gasteiger partial charge < -0.3 is 0 Å². The number of hydrogen-bond donors (Lipinski definition) is 0. The standard InChI is InChI=1S/C10H11ClO4S2/c11-17(14,15)10-3-1-2-8(6-10)9-4-5-16(12,13)7-9/h1-3,6,9H,4-5,7H2. The average molecular weight is 295 g/mol. The SMILES string of the molecule is O=S1(=O)CCC(c2cccc(S(=O)(=O)Cl)c2)C1. The zero-order chi connectivity index (χ0) is 12.7. The minimum Gasteiger partial charge on any atom is -0.229 e. The molecular formula is C10H11ClO4S2. The molecule has 0 aliphatic carbocycles. The highest BCUT2D eigenvalue weighted by Crippen LogP contribution is 2.30. The smallest absolute Gasteiger partial charge is 0.229 e. The lowest BCUT2D eigenvalue weighted by Crippen LogP contribution is -2.04. The van der Waals surface area contributed by atoms with E-state index in [1.54, 1.807) is 12.1 Å². The van der Waals surface area contributed by atoms with E-state index in [1.165, 1.54) is 12.1 Å². The first-order chi connectivity index (χ1) is 7.78. The summed E-state index contributed by atoms with van der Waals surface area (Å²) in [6.07, 6.45) is 0.536. The van der Waals surface area contributed by atoms with E-state index in [0.717, 1.165) is 0 Å². The van der Waals surface area contributed by atoms with E-state index in [1.807, 2.05) is 0 Å². The fraction of sp³-hybridized carbons (Fsp3) is 0.400. The third-order valence-electron chi connectivity index (χ3n) is 2.84. The van der Waals surface area contributed by atoms with Crippen molar-refractivity contribution < 1.29 is 16.8 Å².